The number of likely N-dealkylation sites (tertiary alicyclic amines) is 1. The first-order valence-electron chi connectivity index (χ1n) is 10.8. The third-order valence-corrected chi connectivity index (χ3v) is 5.20. The molecule has 0 aliphatic carbocycles. The van der Waals surface area contributed by atoms with Gasteiger partial charge in [0.2, 0.25) is 23.6 Å². The molecule has 34 heavy (non-hydrogen) atoms. The number of carbonyl (C=O) groups excluding carboxylic acids is 4. The summed E-state index contributed by atoms with van der Waals surface area (Å²) in [5, 5.41) is 24.1. The Morgan fingerprint density at radius 1 is 1.15 bits per heavy atom. The minimum Gasteiger partial charge on any atom is -0.480 e. The minimum absolute atomic E-state index is 0.000978. The minimum atomic E-state index is -1.48. The number of primary amides is 1. The molecule has 12 N–H and O–H groups in total. The molecule has 15 nitrogen and oxygen atoms in total. The molecule has 0 aromatic rings. The molecule has 5 unspecified atom stereocenters. The summed E-state index contributed by atoms with van der Waals surface area (Å²) in [7, 11) is 0. The lowest BCUT2D eigenvalue weighted by Crippen LogP contribution is -2.59. The monoisotopic (exact) mass is 486 g/mol. The number of rotatable bonds is 13. The second-order valence-corrected chi connectivity index (χ2v) is 8.04. The normalized spacial score (nSPS) is 18.8. The van der Waals surface area contributed by atoms with Gasteiger partial charge >= 0.3 is 5.97 Å². The number of hydrogen-bond donors (Lipinski definition) is 8. The van der Waals surface area contributed by atoms with E-state index in [4.69, 9.17) is 22.9 Å². The van der Waals surface area contributed by atoms with E-state index in [1.807, 2.05) is 0 Å². The number of guanidine groups is 1. The molecule has 0 spiro atoms. The van der Waals surface area contributed by atoms with Crippen molar-refractivity contribution in [3.63, 3.8) is 0 Å². The summed E-state index contributed by atoms with van der Waals surface area (Å²) in [5.41, 5.74) is 21.2. The third kappa shape index (κ3) is 8.82. The Morgan fingerprint density at radius 2 is 1.79 bits per heavy atom. The molecule has 1 fully saturated rings. The van der Waals surface area contributed by atoms with Gasteiger partial charge in [0.1, 0.15) is 18.1 Å². The van der Waals surface area contributed by atoms with Crippen molar-refractivity contribution in [3.8, 4) is 0 Å². The number of carbonyl (C=O) groups is 5. The molecule has 15 heteroatoms. The average molecular weight is 487 g/mol. The van der Waals surface area contributed by atoms with Gasteiger partial charge in [-0.3, -0.25) is 24.2 Å². The van der Waals surface area contributed by atoms with E-state index in [9.17, 15) is 34.2 Å². The van der Waals surface area contributed by atoms with E-state index < -0.39 is 59.9 Å². The van der Waals surface area contributed by atoms with Crippen LogP contribution in [-0.4, -0.2) is 94.0 Å². The van der Waals surface area contributed by atoms with Crippen molar-refractivity contribution in [2.45, 2.75) is 69.3 Å². The molecule has 0 saturated carbocycles. The van der Waals surface area contributed by atoms with Gasteiger partial charge in [0, 0.05) is 13.1 Å². The van der Waals surface area contributed by atoms with Crippen molar-refractivity contribution in [1.29, 1.82) is 0 Å². The number of amides is 4. The van der Waals surface area contributed by atoms with Crippen LogP contribution >= 0.6 is 0 Å². The lowest BCUT2D eigenvalue weighted by Gasteiger charge is -2.29. The Balaban J connectivity index is 2.83. The fourth-order valence-corrected chi connectivity index (χ4v) is 3.50. The molecule has 0 radical (unpaired) electrons. The second-order valence-electron chi connectivity index (χ2n) is 8.04. The summed E-state index contributed by atoms with van der Waals surface area (Å²) in [5.74, 6) is -4.51. The Labute approximate surface area is 196 Å². The fraction of sp³-hybridized carbons (Fsp3) is 0.684. The van der Waals surface area contributed by atoms with E-state index in [-0.39, 0.29) is 44.7 Å². The van der Waals surface area contributed by atoms with Crippen LogP contribution in [0.3, 0.4) is 0 Å². The Morgan fingerprint density at radius 3 is 2.32 bits per heavy atom. The van der Waals surface area contributed by atoms with Crippen LogP contribution in [0.25, 0.3) is 0 Å². The number of aliphatic hydroxyl groups excluding tert-OH is 1. The van der Waals surface area contributed by atoms with Crippen molar-refractivity contribution in [2.75, 3.05) is 13.1 Å². The highest BCUT2D eigenvalue weighted by Gasteiger charge is 2.39. The smallest absolute Gasteiger partial charge is 0.326 e. The topological polar surface area (TPSA) is 270 Å². The molecule has 192 valence electrons. The van der Waals surface area contributed by atoms with Crippen LogP contribution < -0.4 is 33.6 Å². The molecule has 1 rings (SSSR count). The van der Waals surface area contributed by atoms with Crippen LogP contribution in [0.2, 0.25) is 0 Å². The van der Waals surface area contributed by atoms with Crippen LogP contribution in [0.15, 0.2) is 4.99 Å². The first kappa shape index (κ1) is 28.6. The molecule has 1 aliphatic rings. The van der Waals surface area contributed by atoms with Crippen LogP contribution in [0, 0.1) is 0 Å². The predicted octanol–water partition coefficient (Wildman–Crippen LogP) is -4.33. The standard InChI is InChI=1S/C19H34N8O7/c1-9(28)14(16(31)25-11(18(33)34)4-2-6-24-19(22)23)26-15(30)12-5-3-7-27(12)17(32)10(20)8-13(21)29/h9-12,14,28H,2-8,20H2,1H3,(H2,21,29)(H,25,31)(H,26,30)(H,33,34)(H4,22,23,24). The Hall–Kier alpha value is -3.46. The van der Waals surface area contributed by atoms with Gasteiger partial charge in [0.15, 0.2) is 5.96 Å². The van der Waals surface area contributed by atoms with Crippen LogP contribution in [0.1, 0.15) is 39.0 Å². The van der Waals surface area contributed by atoms with E-state index in [1.165, 1.54) is 11.8 Å². The number of aliphatic hydroxyl groups is 1. The van der Waals surface area contributed by atoms with Crippen LogP contribution in [-0.2, 0) is 24.0 Å². The first-order chi connectivity index (χ1) is 15.8. The zero-order valence-corrected chi connectivity index (χ0v) is 19.0. The van der Waals surface area contributed by atoms with E-state index in [0.717, 1.165) is 0 Å². The summed E-state index contributed by atoms with van der Waals surface area (Å²) < 4.78 is 0. The average Bonchev–Trinajstić information content (AvgIpc) is 3.22. The summed E-state index contributed by atoms with van der Waals surface area (Å²) in [6.45, 7) is 1.62. The number of hydrogen-bond acceptors (Lipinski definition) is 8. The number of nitrogens with zero attached hydrogens (tertiary/aromatic N) is 2. The number of nitrogens with two attached hydrogens (primary N) is 4. The van der Waals surface area contributed by atoms with Gasteiger partial charge in [-0.05, 0) is 32.6 Å². The second kappa shape index (κ2) is 13.3. The zero-order chi connectivity index (χ0) is 26.0. The molecule has 5 atom stereocenters. The Kier molecular flexibility index (Phi) is 11.2. The van der Waals surface area contributed by atoms with E-state index in [2.05, 4.69) is 15.6 Å². The maximum absolute atomic E-state index is 12.8. The summed E-state index contributed by atoms with van der Waals surface area (Å²) in [6, 6.07) is -4.98. The summed E-state index contributed by atoms with van der Waals surface area (Å²) >= 11 is 0. The van der Waals surface area contributed by atoms with Crippen molar-refractivity contribution in [3.05, 3.63) is 0 Å². The van der Waals surface area contributed by atoms with E-state index in [1.54, 1.807) is 0 Å². The van der Waals surface area contributed by atoms with E-state index >= 15 is 0 Å². The highest BCUT2D eigenvalue weighted by atomic mass is 16.4. The SMILES string of the molecule is CC(O)C(NC(=O)C1CCCN1C(=O)C(N)CC(N)=O)C(=O)NC(CCCN=C(N)N)C(=O)O. The van der Waals surface area contributed by atoms with Gasteiger partial charge in [-0.2, -0.15) is 0 Å². The highest BCUT2D eigenvalue weighted by molar-refractivity contribution is 5.95. The molecular weight excluding hydrogens is 452 g/mol. The van der Waals surface area contributed by atoms with Crippen LogP contribution in [0.4, 0.5) is 0 Å². The number of nitrogens with one attached hydrogen (secondary N) is 2. The first-order valence-corrected chi connectivity index (χ1v) is 10.8. The lowest BCUT2D eigenvalue weighted by atomic mass is 10.1. The van der Waals surface area contributed by atoms with Crippen molar-refractivity contribution >= 4 is 35.6 Å². The van der Waals surface area contributed by atoms with Gasteiger partial charge in [-0.25, -0.2) is 4.79 Å². The summed E-state index contributed by atoms with van der Waals surface area (Å²) in [6.07, 6.45) is -0.746. The van der Waals surface area contributed by atoms with Gasteiger partial charge in [0.05, 0.1) is 18.6 Å². The molecular formula is C19H34N8O7. The van der Waals surface area contributed by atoms with Crippen molar-refractivity contribution in [2.24, 2.45) is 27.9 Å². The maximum Gasteiger partial charge on any atom is 0.326 e. The predicted molar refractivity (Wildman–Crippen MR) is 120 cm³/mol. The largest absolute Gasteiger partial charge is 0.480 e. The molecule has 1 aliphatic heterocycles. The molecule has 0 bridgehead atoms. The molecule has 0 aromatic carbocycles. The number of carboxylic acid groups (broad SMARTS) is 1. The van der Waals surface area contributed by atoms with Crippen molar-refractivity contribution in [1.82, 2.24) is 15.5 Å². The molecule has 0 aromatic heterocycles. The van der Waals surface area contributed by atoms with E-state index in [0.29, 0.717) is 6.42 Å². The third-order valence-electron chi connectivity index (χ3n) is 5.20. The number of aliphatic carboxylic acids is 1. The Bertz CT molecular complexity index is 800. The fourth-order valence-electron chi connectivity index (χ4n) is 3.50. The van der Waals surface area contributed by atoms with Gasteiger partial charge in [-0.15, -0.1) is 0 Å². The molecule has 4 amide bonds. The number of carboxylic acids is 1. The molecule has 1 saturated heterocycles. The van der Waals surface area contributed by atoms with Gasteiger partial charge in [-0.1, -0.05) is 0 Å². The number of aliphatic imine (C=N–C) groups is 1. The van der Waals surface area contributed by atoms with Gasteiger partial charge < -0.3 is 48.7 Å². The quantitative estimate of drug-likeness (QED) is 0.0704. The zero-order valence-electron chi connectivity index (χ0n) is 19.0. The lowest BCUT2D eigenvalue weighted by molar-refractivity contribution is -0.144. The molecule has 1 heterocycles. The van der Waals surface area contributed by atoms with Crippen LogP contribution in [0.5, 0.6) is 0 Å². The maximum atomic E-state index is 12.8. The van der Waals surface area contributed by atoms with Gasteiger partial charge in [0.25, 0.3) is 0 Å². The highest BCUT2D eigenvalue weighted by Crippen LogP contribution is 2.19. The van der Waals surface area contributed by atoms with Crippen molar-refractivity contribution < 1.29 is 34.2 Å². The summed E-state index contributed by atoms with van der Waals surface area (Å²) in [4.78, 5) is 65.5.